The third kappa shape index (κ3) is 3.72. The lowest BCUT2D eigenvalue weighted by Gasteiger charge is -2.40. The van der Waals surface area contributed by atoms with E-state index in [2.05, 4.69) is 4.90 Å². The van der Waals surface area contributed by atoms with Gasteiger partial charge in [-0.2, -0.15) is 0 Å². The van der Waals surface area contributed by atoms with Gasteiger partial charge in [0.25, 0.3) is 5.56 Å². The van der Waals surface area contributed by atoms with Crippen molar-refractivity contribution in [3.05, 3.63) is 33.7 Å². The SMILES string of the molecule is Cc1ccn(CC2CCCN(C3CCCCC3)C2)c(=O)c1C(=O)O. The molecule has 5 nitrogen and oxygen atoms in total. The highest BCUT2D eigenvalue weighted by Crippen LogP contribution is 2.27. The number of aromatic carboxylic acids is 1. The normalized spacial score (nSPS) is 23.3. The lowest BCUT2D eigenvalue weighted by atomic mass is 9.90. The maximum atomic E-state index is 12.5. The summed E-state index contributed by atoms with van der Waals surface area (Å²) in [6.45, 7) is 4.51. The zero-order chi connectivity index (χ0) is 17.1. The minimum absolute atomic E-state index is 0.0857. The zero-order valence-corrected chi connectivity index (χ0v) is 14.5. The molecule has 2 heterocycles. The van der Waals surface area contributed by atoms with E-state index in [0.717, 1.165) is 13.0 Å². The Morgan fingerprint density at radius 1 is 1.21 bits per heavy atom. The second kappa shape index (κ2) is 7.51. The van der Waals surface area contributed by atoms with Crippen LogP contribution in [0.3, 0.4) is 0 Å². The molecule has 1 aliphatic heterocycles. The van der Waals surface area contributed by atoms with Crippen molar-refractivity contribution in [1.82, 2.24) is 9.47 Å². The average molecular weight is 332 g/mol. The van der Waals surface area contributed by atoms with Crippen molar-refractivity contribution >= 4 is 5.97 Å². The summed E-state index contributed by atoms with van der Waals surface area (Å²) in [4.78, 5) is 26.4. The van der Waals surface area contributed by atoms with Gasteiger partial charge in [0.1, 0.15) is 5.56 Å². The number of rotatable bonds is 4. The summed E-state index contributed by atoms with van der Waals surface area (Å²) in [5, 5.41) is 9.27. The highest BCUT2D eigenvalue weighted by Gasteiger charge is 2.27. The minimum Gasteiger partial charge on any atom is -0.477 e. The van der Waals surface area contributed by atoms with Crippen LogP contribution in [0.15, 0.2) is 17.1 Å². The van der Waals surface area contributed by atoms with Crippen LogP contribution in [0.4, 0.5) is 0 Å². The molecule has 3 rings (SSSR count). The number of nitrogens with zero attached hydrogens (tertiary/aromatic N) is 2. The number of likely N-dealkylation sites (tertiary alicyclic amines) is 1. The molecule has 0 bridgehead atoms. The fourth-order valence-electron chi connectivity index (χ4n) is 4.37. The number of piperidine rings is 1. The molecule has 132 valence electrons. The van der Waals surface area contributed by atoms with Crippen molar-refractivity contribution in [2.75, 3.05) is 13.1 Å². The van der Waals surface area contributed by atoms with Gasteiger partial charge < -0.3 is 14.6 Å². The smallest absolute Gasteiger partial charge is 0.341 e. The molecule has 2 aliphatic rings. The van der Waals surface area contributed by atoms with Gasteiger partial charge in [0, 0.05) is 25.3 Å². The maximum Gasteiger partial charge on any atom is 0.341 e. The van der Waals surface area contributed by atoms with Gasteiger partial charge in [-0.25, -0.2) is 4.79 Å². The van der Waals surface area contributed by atoms with Crippen LogP contribution in [0, 0.1) is 12.8 Å². The van der Waals surface area contributed by atoms with E-state index in [0.29, 0.717) is 24.1 Å². The standard InChI is InChI=1S/C19H28N2O3/c1-14-9-11-21(18(22)17(14)19(23)24)13-15-6-5-10-20(12-15)16-7-3-2-4-8-16/h9,11,15-16H,2-8,10,12-13H2,1H3,(H,23,24). The summed E-state index contributed by atoms with van der Waals surface area (Å²) in [6, 6.07) is 2.46. The third-order valence-electron chi connectivity index (χ3n) is 5.68. The van der Waals surface area contributed by atoms with Gasteiger partial charge in [0.2, 0.25) is 0 Å². The first kappa shape index (κ1) is 17.2. The molecule has 1 unspecified atom stereocenters. The van der Waals surface area contributed by atoms with Crippen molar-refractivity contribution < 1.29 is 9.90 Å². The van der Waals surface area contributed by atoms with E-state index in [9.17, 15) is 14.7 Å². The molecule has 0 amide bonds. The summed E-state index contributed by atoms with van der Waals surface area (Å²) in [5.74, 6) is -0.693. The van der Waals surface area contributed by atoms with E-state index < -0.39 is 5.97 Å². The van der Waals surface area contributed by atoms with Crippen LogP contribution in [-0.4, -0.2) is 39.7 Å². The fourth-order valence-corrected chi connectivity index (χ4v) is 4.37. The molecule has 1 aliphatic carbocycles. The molecule has 2 fully saturated rings. The van der Waals surface area contributed by atoms with E-state index >= 15 is 0 Å². The molecule has 0 radical (unpaired) electrons. The summed E-state index contributed by atoms with van der Waals surface area (Å²) in [7, 11) is 0. The number of carboxylic acids is 1. The van der Waals surface area contributed by atoms with Gasteiger partial charge in [-0.1, -0.05) is 19.3 Å². The van der Waals surface area contributed by atoms with Gasteiger partial charge in [-0.3, -0.25) is 4.79 Å². The van der Waals surface area contributed by atoms with E-state index in [1.807, 2.05) is 0 Å². The summed E-state index contributed by atoms with van der Waals surface area (Å²) >= 11 is 0. The van der Waals surface area contributed by atoms with Crippen molar-refractivity contribution in [3.8, 4) is 0 Å². The van der Waals surface area contributed by atoms with Crippen LogP contribution in [0.5, 0.6) is 0 Å². The maximum absolute atomic E-state index is 12.5. The van der Waals surface area contributed by atoms with E-state index in [-0.39, 0.29) is 11.1 Å². The number of aryl methyl sites for hydroxylation is 1. The molecule has 24 heavy (non-hydrogen) atoms. The molecule has 0 aromatic carbocycles. The minimum atomic E-state index is -1.13. The molecule has 5 heteroatoms. The van der Waals surface area contributed by atoms with Crippen LogP contribution in [-0.2, 0) is 6.54 Å². The number of carboxylic acid groups (broad SMARTS) is 1. The summed E-state index contributed by atoms with van der Waals surface area (Å²) < 4.78 is 1.60. The first-order valence-corrected chi connectivity index (χ1v) is 9.23. The van der Waals surface area contributed by atoms with Crippen LogP contribution < -0.4 is 5.56 Å². The first-order valence-electron chi connectivity index (χ1n) is 9.23. The van der Waals surface area contributed by atoms with Crippen molar-refractivity contribution in [3.63, 3.8) is 0 Å². The van der Waals surface area contributed by atoms with E-state index in [1.165, 1.54) is 45.1 Å². The molecular formula is C19H28N2O3. The Balaban J connectivity index is 1.70. The van der Waals surface area contributed by atoms with Crippen molar-refractivity contribution in [2.45, 2.75) is 64.5 Å². The van der Waals surface area contributed by atoms with Crippen molar-refractivity contribution in [1.29, 1.82) is 0 Å². The lowest BCUT2D eigenvalue weighted by molar-refractivity contribution is 0.0692. The zero-order valence-electron chi connectivity index (χ0n) is 14.5. The number of hydrogen-bond donors (Lipinski definition) is 1. The lowest BCUT2D eigenvalue weighted by Crippen LogP contribution is -2.45. The van der Waals surface area contributed by atoms with Crippen LogP contribution >= 0.6 is 0 Å². The van der Waals surface area contributed by atoms with Gasteiger partial charge in [0.15, 0.2) is 0 Å². The highest BCUT2D eigenvalue weighted by atomic mass is 16.4. The Labute approximate surface area is 143 Å². The molecule has 1 saturated carbocycles. The number of carbonyl (C=O) groups is 1. The predicted molar refractivity (Wildman–Crippen MR) is 93.6 cm³/mol. The van der Waals surface area contributed by atoms with E-state index in [4.69, 9.17) is 0 Å². The average Bonchev–Trinajstić information content (AvgIpc) is 2.58. The van der Waals surface area contributed by atoms with Gasteiger partial charge in [0.05, 0.1) is 0 Å². The molecular weight excluding hydrogens is 304 g/mol. The molecule has 1 aromatic rings. The van der Waals surface area contributed by atoms with Crippen LogP contribution in [0.25, 0.3) is 0 Å². The van der Waals surface area contributed by atoms with Gasteiger partial charge in [-0.05, 0) is 56.7 Å². The van der Waals surface area contributed by atoms with Gasteiger partial charge >= 0.3 is 5.97 Å². The Kier molecular flexibility index (Phi) is 5.39. The second-order valence-corrected chi connectivity index (χ2v) is 7.43. The molecule has 1 aromatic heterocycles. The Morgan fingerprint density at radius 3 is 2.67 bits per heavy atom. The summed E-state index contributed by atoms with van der Waals surface area (Å²) in [6.07, 6.45) is 10.7. The summed E-state index contributed by atoms with van der Waals surface area (Å²) in [5.41, 5.74) is 0.0889. The topological polar surface area (TPSA) is 62.5 Å². The Morgan fingerprint density at radius 2 is 1.96 bits per heavy atom. The van der Waals surface area contributed by atoms with Crippen molar-refractivity contribution in [2.24, 2.45) is 5.92 Å². The van der Waals surface area contributed by atoms with Crippen LogP contribution in [0.1, 0.15) is 60.9 Å². The Hall–Kier alpha value is -1.62. The van der Waals surface area contributed by atoms with Crippen LogP contribution in [0.2, 0.25) is 0 Å². The fraction of sp³-hybridized carbons (Fsp3) is 0.684. The molecule has 1 saturated heterocycles. The number of pyridine rings is 1. The van der Waals surface area contributed by atoms with Gasteiger partial charge in [-0.15, -0.1) is 0 Å². The highest BCUT2D eigenvalue weighted by molar-refractivity contribution is 5.88. The Bertz CT molecular complexity index is 647. The second-order valence-electron chi connectivity index (χ2n) is 7.43. The quantitative estimate of drug-likeness (QED) is 0.921. The molecule has 1 N–H and O–H groups in total. The first-order chi connectivity index (χ1) is 11.6. The predicted octanol–water partition coefficient (Wildman–Crippen LogP) is 2.90. The number of aromatic nitrogens is 1. The third-order valence-corrected chi connectivity index (χ3v) is 5.68. The molecule has 0 spiro atoms. The molecule has 1 atom stereocenters. The van der Waals surface area contributed by atoms with E-state index in [1.54, 1.807) is 23.8 Å². The largest absolute Gasteiger partial charge is 0.477 e. The number of hydrogen-bond acceptors (Lipinski definition) is 3. The monoisotopic (exact) mass is 332 g/mol.